The molecule has 0 bridgehead atoms. The van der Waals surface area contributed by atoms with Crippen LogP contribution in [0.25, 0.3) is 0 Å². The van der Waals surface area contributed by atoms with E-state index in [4.69, 9.17) is 11.6 Å². The van der Waals surface area contributed by atoms with Crippen LogP contribution >= 0.6 is 22.9 Å². The molecule has 138 valence electrons. The molecule has 26 heavy (non-hydrogen) atoms. The van der Waals surface area contributed by atoms with Crippen LogP contribution in [0.5, 0.6) is 0 Å². The molecule has 2 rings (SSSR count). The van der Waals surface area contributed by atoms with E-state index in [1.54, 1.807) is 24.3 Å². The SMILES string of the molecule is CN(C)c1c(Cl)cccc1NC(=O)CCC(=O)CCC(=O)c1cccs1. The number of carbonyl (C=O) groups is 3. The Labute approximate surface area is 162 Å². The summed E-state index contributed by atoms with van der Waals surface area (Å²) in [4.78, 5) is 38.4. The van der Waals surface area contributed by atoms with Gasteiger partial charge in [0.1, 0.15) is 5.78 Å². The summed E-state index contributed by atoms with van der Waals surface area (Å²) in [6.07, 6.45) is 0.525. The first-order chi connectivity index (χ1) is 12.4. The molecule has 1 aromatic heterocycles. The summed E-state index contributed by atoms with van der Waals surface area (Å²) < 4.78 is 0. The van der Waals surface area contributed by atoms with Gasteiger partial charge in [0.2, 0.25) is 5.91 Å². The van der Waals surface area contributed by atoms with Crippen molar-refractivity contribution in [3.05, 3.63) is 45.6 Å². The summed E-state index contributed by atoms with van der Waals surface area (Å²) in [6.45, 7) is 0. The molecule has 0 spiro atoms. The molecule has 0 aliphatic carbocycles. The third-order valence-corrected chi connectivity index (χ3v) is 4.98. The lowest BCUT2D eigenvalue weighted by atomic mass is 10.1. The topological polar surface area (TPSA) is 66.5 Å². The summed E-state index contributed by atoms with van der Waals surface area (Å²) in [7, 11) is 3.68. The third kappa shape index (κ3) is 5.68. The molecule has 0 atom stereocenters. The van der Waals surface area contributed by atoms with Gasteiger partial charge in [-0.25, -0.2) is 0 Å². The molecule has 0 aliphatic heterocycles. The summed E-state index contributed by atoms with van der Waals surface area (Å²) in [6, 6.07) is 8.83. The van der Waals surface area contributed by atoms with Crippen LogP contribution in [0.4, 0.5) is 11.4 Å². The Balaban J connectivity index is 1.81. The number of nitrogens with one attached hydrogen (secondary N) is 1. The summed E-state index contributed by atoms with van der Waals surface area (Å²) in [5.74, 6) is -0.385. The molecule has 7 heteroatoms. The Morgan fingerprint density at radius 1 is 1.04 bits per heavy atom. The van der Waals surface area contributed by atoms with E-state index < -0.39 is 0 Å². The number of ketones is 2. The highest BCUT2D eigenvalue weighted by molar-refractivity contribution is 7.12. The molecule has 0 saturated carbocycles. The van der Waals surface area contributed by atoms with Crippen molar-refractivity contribution >= 4 is 51.8 Å². The average molecular weight is 393 g/mol. The van der Waals surface area contributed by atoms with E-state index in [9.17, 15) is 14.4 Å². The van der Waals surface area contributed by atoms with Crippen molar-refractivity contribution in [1.82, 2.24) is 0 Å². The normalized spacial score (nSPS) is 10.4. The predicted molar refractivity (Wildman–Crippen MR) is 107 cm³/mol. The zero-order valence-electron chi connectivity index (χ0n) is 14.8. The molecule has 0 fully saturated rings. The van der Waals surface area contributed by atoms with E-state index in [-0.39, 0.29) is 43.2 Å². The van der Waals surface area contributed by atoms with Crippen molar-refractivity contribution in [2.24, 2.45) is 0 Å². The van der Waals surface area contributed by atoms with Gasteiger partial charge in [0.25, 0.3) is 0 Å². The molecule has 1 aromatic carbocycles. The second-order valence-electron chi connectivity index (χ2n) is 6.02. The molecule has 1 N–H and O–H groups in total. The van der Waals surface area contributed by atoms with Gasteiger partial charge in [-0.15, -0.1) is 11.3 Å². The number of hydrogen-bond donors (Lipinski definition) is 1. The summed E-state index contributed by atoms with van der Waals surface area (Å²) in [5.41, 5.74) is 1.32. The second kappa shape index (κ2) is 9.50. The Bertz CT molecular complexity index is 788. The first-order valence-corrected chi connectivity index (χ1v) is 9.48. The number of thiophene rings is 1. The molecule has 0 unspecified atom stereocenters. The van der Waals surface area contributed by atoms with Crippen LogP contribution in [0.1, 0.15) is 35.4 Å². The van der Waals surface area contributed by atoms with E-state index in [1.165, 1.54) is 11.3 Å². The highest BCUT2D eigenvalue weighted by Gasteiger charge is 2.14. The van der Waals surface area contributed by atoms with Crippen molar-refractivity contribution < 1.29 is 14.4 Å². The standard InChI is InChI=1S/C19H21ClN2O3S/c1-22(2)19-14(20)5-3-6-15(19)21-18(25)11-9-13(23)8-10-16(24)17-7-4-12-26-17/h3-7,12H,8-11H2,1-2H3,(H,21,25). The minimum atomic E-state index is -0.256. The maximum Gasteiger partial charge on any atom is 0.224 e. The molecular weight excluding hydrogens is 372 g/mol. The fraction of sp³-hybridized carbons (Fsp3) is 0.316. The lowest BCUT2D eigenvalue weighted by molar-refractivity contribution is -0.122. The van der Waals surface area contributed by atoms with Crippen molar-refractivity contribution in [1.29, 1.82) is 0 Å². The maximum absolute atomic E-state index is 12.1. The van der Waals surface area contributed by atoms with Crippen LogP contribution in [0, 0.1) is 0 Å². The van der Waals surface area contributed by atoms with Crippen LogP contribution < -0.4 is 10.2 Å². The van der Waals surface area contributed by atoms with Gasteiger partial charge in [-0.1, -0.05) is 23.7 Å². The minimum Gasteiger partial charge on any atom is -0.375 e. The number of rotatable bonds is 9. The van der Waals surface area contributed by atoms with Gasteiger partial charge in [0.05, 0.1) is 21.3 Å². The van der Waals surface area contributed by atoms with Gasteiger partial charge in [0, 0.05) is 39.8 Å². The molecule has 0 aliphatic rings. The summed E-state index contributed by atoms with van der Waals surface area (Å²) in [5, 5.41) is 5.16. The number of anilines is 2. The minimum absolute atomic E-state index is 0.0349. The van der Waals surface area contributed by atoms with Crippen LogP contribution in [-0.4, -0.2) is 31.6 Å². The number of hydrogen-bond acceptors (Lipinski definition) is 5. The Kier molecular flexibility index (Phi) is 7.36. The van der Waals surface area contributed by atoms with E-state index in [0.717, 1.165) is 5.69 Å². The van der Waals surface area contributed by atoms with E-state index in [0.29, 0.717) is 15.6 Å². The quantitative estimate of drug-likeness (QED) is 0.641. The monoisotopic (exact) mass is 392 g/mol. The molecule has 1 heterocycles. The largest absolute Gasteiger partial charge is 0.375 e. The highest BCUT2D eigenvalue weighted by Crippen LogP contribution is 2.32. The number of amides is 1. The first-order valence-electron chi connectivity index (χ1n) is 8.22. The second-order valence-corrected chi connectivity index (χ2v) is 7.37. The van der Waals surface area contributed by atoms with Gasteiger partial charge in [-0.2, -0.15) is 0 Å². The fourth-order valence-electron chi connectivity index (χ4n) is 2.47. The molecule has 5 nitrogen and oxygen atoms in total. The number of para-hydroxylation sites is 1. The third-order valence-electron chi connectivity index (χ3n) is 3.77. The zero-order chi connectivity index (χ0) is 19.1. The molecule has 0 saturated heterocycles. The highest BCUT2D eigenvalue weighted by atomic mass is 35.5. The van der Waals surface area contributed by atoms with E-state index in [2.05, 4.69) is 5.32 Å². The first kappa shape index (κ1) is 20.1. The lowest BCUT2D eigenvalue weighted by Gasteiger charge is -2.19. The van der Waals surface area contributed by atoms with Crippen LogP contribution in [0.15, 0.2) is 35.7 Å². The van der Waals surface area contributed by atoms with Crippen molar-refractivity contribution in [2.45, 2.75) is 25.7 Å². The zero-order valence-corrected chi connectivity index (χ0v) is 16.3. The van der Waals surface area contributed by atoms with Crippen molar-refractivity contribution in [3.8, 4) is 0 Å². The Morgan fingerprint density at radius 2 is 1.77 bits per heavy atom. The van der Waals surface area contributed by atoms with Crippen LogP contribution in [0.3, 0.4) is 0 Å². The smallest absolute Gasteiger partial charge is 0.224 e. The van der Waals surface area contributed by atoms with E-state index in [1.807, 2.05) is 30.4 Å². The average Bonchev–Trinajstić information content (AvgIpc) is 3.12. The molecule has 2 aromatic rings. The van der Waals surface area contributed by atoms with Gasteiger partial charge < -0.3 is 10.2 Å². The van der Waals surface area contributed by atoms with Crippen LogP contribution in [0.2, 0.25) is 5.02 Å². The number of carbonyl (C=O) groups excluding carboxylic acids is 3. The number of halogens is 1. The van der Waals surface area contributed by atoms with E-state index >= 15 is 0 Å². The number of nitrogens with zero attached hydrogens (tertiary/aromatic N) is 1. The maximum atomic E-state index is 12.1. The predicted octanol–water partition coefficient (Wildman–Crippen LogP) is 4.42. The molecular formula is C19H21ClN2O3S. The summed E-state index contributed by atoms with van der Waals surface area (Å²) >= 11 is 7.54. The van der Waals surface area contributed by atoms with Crippen molar-refractivity contribution in [2.75, 3.05) is 24.3 Å². The van der Waals surface area contributed by atoms with Gasteiger partial charge in [-0.3, -0.25) is 14.4 Å². The number of benzene rings is 1. The Morgan fingerprint density at radius 3 is 2.42 bits per heavy atom. The number of Topliss-reactive ketones (excluding diaryl/α,β-unsaturated/α-hetero) is 2. The van der Waals surface area contributed by atoms with Gasteiger partial charge >= 0.3 is 0 Å². The fourth-order valence-corrected chi connectivity index (χ4v) is 3.51. The van der Waals surface area contributed by atoms with Gasteiger partial charge in [-0.05, 0) is 23.6 Å². The van der Waals surface area contributed by atoms with Gasteiger partial charge in [0.15, 0.2) is 5.78 Å². The lowest BCUT2D eigenvalue weighted by Crippen LogP contribution is -2.17. The molecule has 0 radical (unpaired) electrons. The van der Waals surface area contributed by atoms with Crippen molar-refractivity contribution in [3.63, 3.8) is 0 Å². The molecule has 1 amide bonds. The van der Waals surface area contributed by atoms with Crippen LogP contribution in [-0.2, 0) is 9.59 Å². The Hall–Kier alpha value is -2.18.